The summed E-state index contributed by atoms with van der Waals surface area (Å²) in [6.45, 7) is 2.37. The Labute approximate surface area is 205 Å². The molecule has 35 heavy (non-hydrogen) atoms. The molecule has 2 atom stereocenters. The van der Waals surface area contributed by atoms with Gasteiger partial charge in [-0.25, -0.2) is 0 Å². The highest BCUT2D eigenvalue weighted by Crippen LogP contribution is 2.43. The number of anilines is 1. The summed E-state index contributed by atoms with van der Waals surface area (Å²) in [7, 11) is 0. The lowest BCUT2D eigenvalue weighted by molar-refractivity contribution is -0.136. The van der Waals surface area contributed by atoms with Crippen LogP contribution in [0.1, 0.15) is 41.9 Å². The number of amides is 2. The number of Topliss-reactive ketones (excluding diaryl/α,β-unsaturated/α-hetero) is 1. The summed E-state index contributed by atoms with van der Waals surface area (Å²) < 4.78 is 0. The summed E-state index contributed by atoms with van der Waals surface area (Å²) in [5, 5.41) is 2.92. The van der Waals surface area contributed by atoms with Gasteiger partial charge in [0.2, 0.25) is 11.8 Å². The van der Waals surface area contributed by atoms with E-state index in [0.717, 1.165) is 16.7 Å². The van der Waals surface area contributed by atoms with E-state index in [1.54, 1.807) is 4.90 Å². The van der Waals surface area contributed by atoms with E-state index in [1.807, 2.05) is 91.9 Å². The number of aryl methyl sites for hydroxylation is 1. The Morgan fingerprint density at radius 3 is 2.20 bits per heavy atom. The van der Waals surface area contributed by atoms with Crippen molar-refractivity contribution >= 4 is 23.3 Å². The lowest BCUT2D eigenvalue weighted by Crippen LogP contribution is -2.45. The van der Waals surface area contributed by atoms with Crippen LogP contribution < -0.4 is 5.32 Å². The highest BCUT2D eigenvalue weighted by Gasteiger charge is 2.44. The molecular weight excluding hydrogens is 436 g/mol. The second-order valence-corrected chi connectivity index (χ2v) is 9.38. The molecule has 1 N–H and O–H groups in total. The van der Waals surface area contributed by atoms with Crippen molar-refractivity contribution in [2.45, 2.75) is 38.6 Å². The van der Waals surface area contributed by atoms with Crippen LogP contribution in [-0.2, 0) is 20.9 Å². The number of rotatable bonds is 5. The molecule has 0 fully saturated rings. The predicted molar refractivity (Wildman–Crippen MR) is 135 cm³/mol. The van der Waals surface area contributed by atoms with Crippen molar-refractivity contribution < 1.29 is 14.4 Å². The van der Waals surface area contributed by atoms with Crippen LogP contribution in [0, 0.1) is 12.8 Å². The van der Waals surface area contributed by atoms with Crippen molar-refractivity contribution in [2.75, 3.05) is 5.32 Å². The Morgan fingerprint density at radius 1 is 0.857 bits per heavy atom. The van der Waals surface area contributed by atoms with Crippen LogP contribution in [0.4, 0.5) is 5.69 Å². The molecule has 0 aromatic heterocycles. The van der Waals surface area contributed by atoms with Crippen LogP contribution in [0.15, 0.2) is 96.2 Å². The Bertz CT molecular complexity index is 1280. The summed E-state index contributed by atoms with van der Waals surface area (Å²) in [5.74, 6) is -1.28. The molecule has 0 saturated heterocycles. The average molecular weight is 465 g/mol. The van der Waals surface area contributed by atoms with Crippen LogP contribution in [0.2, 0.25) is 0 Å². The fourth-order valence-electron chi connectivity index (χ4n) is 5.10. The normalized spacial score (nSPS) is 20.0. The first-order chi connectivity index (χ1) is 17.0. The largest absolute Gasteiger partial charge is 0.326 e. The number of hydrogen-bond donors (Lipinski definition) is 1. The van der Waals surface area contributed by atoms with E-state index in [9.17, 15) is 14.4 Å². The minimum absolute atomic E-state index is 0.00882. The number of nitrogens with zero attached hydrogens (tertiary/aromatic N) is 1. The highest BCUT2D eigenvalue weighted by molar-refractivity contribution is 6.09. The van der Waals surface area contributed by atoms with Crippen molar-refractivity contribution in [2.24, 2.45) is 5.92 Å². The zero-order valence-corrected chi connectivity index (χ0v) is 19.7. The van der Waals surface area contributed by atoms with Gasteiger partial charge in [-0.15, -0.1) is 0 Å². The minimum Gasteiger partial charge on any atom is -0.326 e. The molecule has 1 aliphatic heterocycles. The fourth-order valence-corrected chi connectivity index (χ4v) is 5.10. The molecule has 5 heteroatoms. The van der Waals surface area contributed by atoms with Gasteiger partial charge in [-0.1, -0.05) is 78.4 Å². The first kappa shape index (κ1) is 22.8. The lowest BCUT2D eigenvalue weighted by Gasteiger charge is -2.40. The quantitative estimate of drug-likeness (QED) is 0.551. The number of benzene rings is 3. The third-order valence-electron chi connectivity index (χ3n) is 6.93. The maximum absolute atomic E-state index is 13.6. The average Bonchev–Trinajstić information content (AvgIpc) is 2.88. The van der Waals surface area contributed by atoms with Gasteiger partial charge in [-0.2, -0.15) is 0 Å². The second-order valence-electron chi connectivity index (χ2n) is 9.38. The van der Waals surface area contributed by atoms with E-state index >= 15 is 0 Å². The summed E-state index contributed by atoms with van der Waals surface area (Å²) in [6.07, 6.45) is 0.883. The summed E-state index contributed by atoms with van der Waals surface area (Å²) in [4.78, 5) is 42.0. The van der Waals surface area contributed by atoms with Crippen LogP contribution >= 0.6 is 0 Å². The number of allylic oxidation sites excluding steroid dienone is 1. The topological polar surface area (TPSA) is 66.5 Å². The zero-order chi connectivity index (χ0) is 24.4. The molecule has 1 aliphatic carbocycles. The van der Waals surface area contributed by atoms with Gasteiger partial charge in [0, 0.05) is 29.8 Å². The molecule has 176 valence electrons. The van der Waals surface area contributed by atoms with Gasteiger partial charge in [0.05, 0.1) is 12.5 Å². The van der Waals surface area contributed by atoms with Crippen molar-refractivity contribution in [3.05, 3.63) is 113 Å². The molecule has 5 nitrogen and oxygen atoms in total. The van der Waals surface area contributed by atoms with Gasteiger partial charge in [0.15, 0.2) is 5.78 Å². The smallest absolute Gasteiger partial charge is 0.232 e. The maximum Gasteiger partial charge on any atom is 0.232 e. The SMILES string of the molecule is Cc1ccc(NC(=O)C2CC(=O)N(Cc3ccccc3)C3=C2C(=O)CC(c2ccccc2)C3)cc1. The molecular formula is C30H28N2O3. The standard InChI is InChI=1S/C30H28N2O3/c1-20-12-14-24(15-13-20)31-30(35)25-18-28(34)32(19-21-8-4-2-5-9-21)26-16-23(17-27(33)29(25)26)22-10-6-3-7-11-22/h2-15,23,25H,16-19H2,1H3,(H,31,35). The van der Waals surface area contributed by atoms with E-state index in [4.69, 9.17) is 0 Å². The number of carbonyl (C=O) groups is 3. The van der Waals surface area contributed by atoms with Crippen molar-refractivity contribution in [3.63, 3.8) is 0 Å². The van der Waals surface area contributed by atoms with E-state index in [-0.39, 0.29) is 29.9 Å². The first-order valence-corrected chi connectivity index (χ1v) is 12.0. The Morgan fingerprint density at radius 2 is 1.51 bits per heavy atom. The van der Waals surface area contributed by atoms with Gasteiger partial charge in [0.25, 0.3) is 0 Å². The lowest BCUT2D eigenvalue weighted by atomic mass is 9.74. The van der Waals surface area contributed by atoms with Crippen molar-refractivity contribution in [1.82, 2.24) is 4.90 Å². The molecule has 2 unspecified atom stereocenters. The molecule has 2 aliphatic rings. The molecule has 0 saturated carbocycles. The fraction of sp³-hybridized carbons (Fsp3) is 0.233. The van der Waals surface area contributed by atoms with Crippen LogP contribution in [0.3, 0.4) is 0 Å². The van der Waals surface area contributed by atoms with Gasteiger partial charge in [0.1, 0.15) is 0 Å². The van der Waals surface area contributed by atoms with Crippen LogP contribution in [0.25, 0.3) is 0 Å². The zero-order valence-electron chi connectivity index (χ0n) is 19.7. The van der Waals surface area contributed by atoms with E-state index < -0.39 is 5.92 Å². The molecule has 0 bridgehead atoms. The molecule has 5 rings (SSSR count). The van der Waals surface area contributed by atoms with Gasteiger partial charge in [-0.05, 0) is 42.5 Å². The molecule has 0 spiro atoms. The number of ketones is 1. The monoisotopic (exact) mass is 464 g/mol. The predicted octanol–water partition coefficient (Wildman–Crippen LogP) is 5.38. The summed E-state index contributed by atoms with van der Waals surface area (Å²) >= 11 is 0. The number of carbonyl (C=O) groups excluding carboxylic acids is 3. The third-order valence-corrected chi connectivity index (χ3v) is 6.93. The molecule has 1 heterocycles. The van der Waals surface area contributed by atoms with Gasteiger partial charge in [-0.3, -0.25) is 14.4 Å². The van der Waals surface area contributed by atoms with Crippen LogP contribution in [-0.4, -0.2) is 22.5 Å². The number of nitrogens with one attached hydrogen (secondary N) is 1. The van der Waals surface area contributed by atoms with E-state index in [2.05, 4.69) is 5.32 Å². The van der Waals surface area contributed by atoms with Gasteiger partial charge >= 0.3 is 0 Å². The van der Waals surface area contributed by atoms with E-state index in [0.29, 0.717) is 36.3 Å². The Balaban J connectivity index is 1.51. The molecule has 0 radical (unpaired) electrons. The van der Waals surface area contributed by atoms with Crippen molar-refractivity contribution in [1.29, 1.82) is 0 Å². The van der Waals surface area contributed by atoms with Crippen molar-refractivity contribution in [3.8, 4) is 0 Å². The highest BCUT2D eigenvalue weighted by atomic mass is 16.2. The van der Waals surface area contributed by atoms with E-state index in [1.165, 1.54) is 0 Å². The second kappa shape index (κ2) is 9.71. The Kier molecular flexibility index (Phi) is 6.32. The summed E-state index contributed by atoms with van der Waals surface area (Å²) in [6, 6.07) is 27.2. The molecule has 2 amide bonds. The third kappa shape index (κ3) is 4.80. The number of hydrogen-bond acceptors (Lipinski definition) is 3. The Hall–Kier alpha value is -3.99. The minimum atomic E-state index is -0.782. The van der Waals surface area contributed by atoms with Gasteiger partial charge < -0.3 is 10.2 Å². The molecule has 3 aromatic carbocycles. The van der Waals surface area contributed by atoms with Crippen LogP contribution in [0.5, 0.6) is 0 Å². The maximum atomic E-state index is 13.6. The molecule has 3 aromatic rings. The first-order valence-electron chi connectivity index (χ1n) is 12.0. The summed E-state index contributed by atoms with van der Waals surface area (Å²) in [5.41, 5.74) is 5.01.